The van der Waals surface area contributed by atoms with Gasteiger partial charge in [-0.25, -0.2) is 9.50 Å². The number of nitrogens with zero attached hydrogens (tertiary/aromatic N) is 3. The normalized spacial score (nSPS) is 10.7. The average Bonchev–Trinajstić information content (AvgIpc) is 2.45. The van der Waals surface area contributed by atoms with Crippen LogP contribution in [0.3, 0.4) is 0 Å². The van der Waals surface area contributed by atoms with Crippen molar-refractivity contribution in [3.8, 4) is 0 Å². The number of fused-ring (bicyclic) bond motifs is 1. The van der Waals surface area contributed by atoms with E-state index in [1.54, 1.807) is 10.8 Å². The first kappa shape index (κ1) is 7.48. The van der Waals surface area contributed by atoms with Crippen LogP contribution in [0.15, 0.2) is 22.9 Å². The fraction of sp³-hybridized carbons (Fsp3) is 0. The fourth-order valence-electron chi connectivity index (χ4n) is 0.848. The third kappa shape index (κ3) is 1.16. The van der Waals surface area contributed by atoms with E-state index >= 15 is 0 Å². The molecule has 56 valence electrons. The van der Waals surface area contributed by atoms with Crippen molar-refractivity contribution in [2.75, 3.05) is 0 Å². The Morgan fingerprint density at radius 1 is 1.45 bits per heavy atom. The number of pyridine rings is 1. The maximum absolute atomic E-state index is 4.08. The van der Waals surface area contributed by atoms with E-state index in [2.05, 4.69) is 48.6 Å². The molecule has 0 aliphatic heterocycles. The van der Waals surface area contributed by atoms with Crippen molar-refractivity contribution in [1.29, 1.82) is 0 Å². The summed E-state index contributed by atoms with van der Waals surface area (Å²) in [6.45, 7) is 0. The van der Waals surface area contributed by atoms with Gasteiger partial charge in [0.15, 0.2) is 5.65 Å². The molecule has 5 heteroatoms. The predicted molar refractivity (Wildman–Crippen MR) is 53.4 cm³/mol. The predicted octanol–water partition coefficient (Wildman–Crippen LogP) is 2.10. The molecular weight excluding hydrogens is 321 g/mol. The van der Waals surface area contributed by atoms with E-state index in [9.17, 15) is 0 Å². The second kappa shape index (κ2) is 2.71. The summed E-state index contributed by atoms with van der Waals surface area (Å²) in [7, 11) is 0. The lowest BCUT2D eigenvalue weighted by Crippen LogP contribution is -1.92. The maximum Gasteiger partial charge on any atom is 0.170 e. The molecule has 0 saturated heterocycles. The molecule has 0 aliphatic carbocycles. The molecule has 0 atom stereocenters. The van der Waals surface area contributed by atoms with Gasteiger partial charge in [0.05, 0.1) is 4.47 Å². The lowest BCUT2D eigenvalue weighted by Gasteiger charge is -1.95. The van der Waals surface area contributed by atoms with Gasteiger partial charge in [0.1, 0.15) is 10.0 Å². The summed E-state index contributed by atoms with van der Waals surface area (Å²) < 4.78 is 3.80. The Labute approximate surface area is 85.1 Å². The highest BCUT2D eigenvalue weighted by atomic mass is 127. The van der Waals surface area contributed by atoms with Crippen LogP contribution in [-0.2, 0) is 0 Å². The molecular formula is C6H3BrIN3. The molecule has 0 fully saturated rings. The molecule has 2 heterocycles. The molecule has 0 aliphatic rings. The monoisotopic (exact) mass is 323 g/mol. The molecule has 0 saturated carbocycles. The second-order valence-corrected chi connectivity index (χ2v) is 3.96. The van der Waals surface area contributed by atoms with Gasteiger partial charge >= 0.3 is 0 Å². The van der Waals surface area contributed by atoms with Crippen LogP contribution in [0.4, 0.5) is 0 Å². The second-order valence-electron chi connectivity index (χ2n) is 2.00. The minimum absolute atomic E-state index is 0.858. The fourth-order valence-corrected chi connectivity index (χ4v) is 1.78. The van der Waals surface area contributed by atoms with Crippen molar-refractivity contribution < 1.29 is 0 Å². The third-order valence-corrected chi connectivity index (χ3v) is 2.77. The average molecular weight is 324 g/mol. The Morgan fingerprint density at radius 2 is 2.27 bits per heavy atom. The van der Waals surface area contributed by atoms with Crippen LogP contribution in [-0.4, -0.2) is 14.6 Å². The van der Waals surface area contributed by atoms with Crippen LogP contribution in [0.2, 0.25) is 0 Å². The molecule has 0 N–H and O–H groups in total. The van der Waals surface area contributed by atoms with E-state index in [-0.39, 0.29) is 0 Å². The number of halogens is 2. The van der Waals surface area contributed by atoms with E-state index < -0.39 is 0 Å². The molecule has 2 aromatic rings. The zero-order chi connectivity index (χ0) is 7.84. The summed E-state index contributed by atoms with van der Waals surface area (Å²) in [6.07, 6.45) is 1.54. The maximum atomic E-state index is 4.08. The van der Waals surface area contributed by atoms with E-state index in [4.69, 9.17) is 0 Å². The number of hydrogen-bond donors (Lipinski definition) is 0. The van der Waals surface area contributed by atoms with Gasteiger partial charge in [-0.2, -0.15) is 5.10 Å². The smallest absolute Gasteiger partial charge is 0.170 e. The molecule has 0 amide bonds. The Kier molecular flexibility index (Phi) is 1.84. The Bertz CT molecular complexity index is 362. The molecule has 0 bridgehead atoms. The molecule has 0 unspecified atom stereocenters. The van der Waals surface area contributed by atoms with Gasteiger partial charge in [-0.3, -0.25) is 0 Å². The molecule has 11 heavy (non-hydrogen) atoms. The van der Waals surface area contributed by atoms with Gasteiger partial charge in [0.2, 0.25) is 0 Å². The SMILES string of the molecule is Brc1ccc(I)n2ncnc12. The zero-order valence-corrected chi connectivity index (χ0v) is 9.07. The summed E-state index contributed by atoms with van der Waals surface area (Å²) in [4.78, 5) is 4.08. The largest absolute Gasteiger partial charge is 0.214 e. The van der Waals surface area contributed by atoms with Gasteiger partial charge in [0.25, 0.3) is 0 Å². The van der Waals surface area contributed by atoms with Crippen LogP contribution >= 0.6 is 38.5 Å². The van der Waals surface area contributed by atoms with Crippen molar-refractivity contribution >= 4 is 44.2 Å². The van der Waals surface area contributed by atoms with Gasteiger partial charge < -0.3 is 0 Å². The molecule has 2 aromatic heterocycles. The van der Waals surface area contributed by atoms with Crippen LogP contribution in [0.25, 0.3) is 5.65 Å². The number of rotatable bonds is 0. The minimum Gasteiger partial charge on any atom is -0.214 e. The molecule has 0 spiro atoms. The Balaban J connectivity index is 2.96. The molecule has 3 nitrogen and oxygen atoms in total. The van der Waals surface area contributed by atoms with E-state index in [0.717, 1.165) is 13.8 Å². The highest BCUT2D eigenvalue weighted by molar-refractivity contribution is 14.1. The summed E-state index contributed by atoms with van der Waals surface area (Å²) in [5, 5.41) is 4.05. The lowest BCUT2D eigenvalue weighted by molar-refractivity contribution is 0.930. The Hall–Kier alpha value is -0.170. The van der Waals surface area contributed by atoms with Gasteiger partial charge in [0, 0.05) is 0 Å². The van der Waals surface area contributed by atoms with Crippen LogP contribution < -0.4 is 0 Å². The minimum atomic E-state index is 0.858. The summed E-state index contributed by atoms with van der Waals surface area (Å²) in [5.41, 5.74) is 0.858. The van der Waals surface area contributed by atoms with Crippen molar-refractivity contribution in [3.63, 3.8) is 0 Å². The standard InChI is InChI=1S/C6H3BrIN3/c7-4-1-2-5(8)11-6(4)9-3-10-11/h1-3H. The topological polar surface area (TPSA) is 30.2 Å². The van der Waals surface area contributed by atoms with E-state index in [1.807, 2.05) is 12.1 Å². The van der Waals surface area contributed by atoms with Gasteiger partial charge in [-0.1, -0.05) is 0 Å². The molecule has 2 rings (SSSR count). The lowest BCUT2D eigenvalue weighted by atomic mass is 10.5. The van der Waals surface area contributed by atoms with E-state index in [1.165, 1.54) is 0 Å². The zero-order valence-electron chi connectivity index (χ0n) is 5.33. The quantitative estimate of drug-likeness (QED) is 0.549. The molecule has 0 radical (unpaired) electrons. The van der Waals surface area contributed by atoms with Crippen LogP contribution in [0, 0.1) is 3.70 Å². The van der Waals surface area contributed by atoms with Crippen LogP contribution in [0.1, 0.15) is 0 Å². The van der Waals surface area contributed by atoms with Crippen molar-refractivity contribution in [2.24, 2.45) is 0 Å². The first-order valence-electron chi connectivity index (χ1n) is 2.93. The summed E-state index contributed by atoms with van der Waals surface area (Å²) in [5.74, 6) is 0. The highest BCUT2D eigenvalue weighted by Crippen LogP contribution is 2.17. The highest BCUT2D eigenvalue weighted by Gasteiger charge is 2.02. The van der Waals surface area contributed by atoms with Crippen molar-refractivity contribution in [3.05, 3.63) is 26.6 Å². The summed E-state index contributed by atoms with van der Waals surface area (Å²) in [6, 6.07) is 3.94. The molecule has 0 aromatic carbocycles. The van der Waals surface area contributed by atoms with E-state index in [0.29, 0.717) is 0 Å². The first-order valence-corrected chi connectivity index (χ1v) is 4.80. The first-order chi connectivity index (χ1) is 5.29. The van der Waals surface area contributed by atoms with Crippen molar-refractivity contribution in [1.82, 2.24) is 14.6 Å². The number of hydrogen-bond acceptors (Lipinski definition) is 2. The van der Waals surface area contributed by atoms with Crippen molar-refractivity contribution in [2.45, 2.75) is 0 Å². The number of aromatic nitrogens is 3. The van der Waals surface area contributed by atoms with Gasteiger partial charge in [-0.15, -0.1) is 0 Å². The summed E-state index contributed by atoms with van der Waals surface area (Å²) >= 11 is 5.59. The third-order valence-electron chi connectivity index (χ3n) is 1.33. The van der Waals surface area contributed by atoms with Gasteiger partial charge in [-0.05, 0) is 50.7 Å². The van der Waals surface area contributed by atoms with Crippen LogP contribution in [0.5, 0.6) is 0 Å². The Morgan fingerprint density at radius 3 is 3.00 bits per heavy atom.